The van der Waals surface area contributed by atoms with E-state index in [1.165, 1.54) is 38.8 Å². The number of ether oxygens (including phenoxy) is 1. The highest BCUT2D eigenvalue weighted by molar-refractivity contribution is 4.52. The van der Waals surface area contributed by atoms with Gasteiger partial charge in [-0.3, -0.25) is 4.90 Å². The lowest BCUT2D eigenvalue weighted by Crippen LogP contribution is -2.28. The van der Waals surface area contributed by atoms with Crippen molar-refractivity contribution in [1.82, 2.24) is 4.90 Å². The summed E-state index contributed by atoms with van der Waals surface area (Å²) in [5, 5.41) is 0. The first kappa shape index (κ1) is 11.9. The predicted molar refractivity (Wildman–Crippen MR) is 53.3 cm³/mol. The maximum absolute atomic E-state index is 5.12. The zero-order valence-corrected chi connectivity index (χ0v) is 8.81. The fourth-order valence-electron chi connectivity index (χ4n) is 1.19. The molecule has 2 nitrogen and oxygen atoms in total. The molecule has 0 bridgehead atoms. The van der Waals surface area contributed by atoms with E-state index in [0.717, 1.165) is 6.73 Å². The average Bonchev–Trinajstić information content (AvgIpc) is 2.10. The molecule has 0 aromatic carbocycles. The van der Waals surface area contributed by atoms with E-state index in [0.29, 0.717) is 0 Å². The molecule has 12 heavy (non-hydrogen) atoms. The lowest BCUT2D eigenvalue weighted by atomic mass is 10.3. The number of rotatable bonds is 8. The second-order valence-electron chi connectivity index (χ2n) is 3.24. The SMILES string of the molecule is CCCCN(CCCC)COC. The largest absolute Gasteiger partial charge is 0.369 e. The van der Waals surface area contributed by atoms with E-state index in [4.69, 9.17) is 4.74 Å². The van der Waals surface area contributed by atoms with Crippen LogP contribution in [0.1, 0.15) is 39.5 Å². The Morgan fingerprint density at radius 3 is 1.83 bits per heavy atom. The summed E-state index contributed by atoms with van der Waals surface area (Å²) in [5.74, 6) is 0. The van der Waals surface area contributed by atoms with Gasteiger partial charge in [-0.1, -0.05) is 26.7 Å². The van der Waals surface area contributed by atoms with Crippen molar-refractivity contribution in [2.75, 3.05) is 26.9 Å². The van der Waals surface area contributed by atoms with Crippen molar-refractivity contribution in [1.29, 1.82) is 0 Å². The molecule has 0 rings (SSSR count). The first-order chi connectivity index (χ1) is 5.85. The van der Waals surface area contributed by atoms with Crippen LogP contribution < -0.4 is 0 Å². The highest BCUT2D eigenvalue weighted by Crippen LogP contribution is 1.98. The molecule has 0 aromatic rings. The van der Waals surface area contributed by atoms with Gasteiger partial charge in [0.05, 0.1) is 6.73 Å². The number of unbranched alkanes of at least 4 members (excludes halogenated alkanes) is 2. The van der Waals surface area contributed by atoms with Crippen molar-refractivity contribution >= 4 is 0 Å². The van der Waals surface area contributed by atoms with Gasteiger partial charge in [-0.05, 0) is 12.8 Å². The second-order valence-corrected chi connectivity index (χ2v) is 3.24. The summed E-state index contributed by atoms with van der Waals surface area (Å²) in [6, 6.07) is 0. The van der Waals surface area contributed by atoms with Gasteiger partial charge in [0, 0.05) is 20.2 Å². The average molecular weight is 173 g/mol. The molecule has 0 aromatic heterocycles. The Balaban J connectivity index is 3.40. The fourth-order valence-corrected chi connectivity index (χ4v) is 1.19. The maximum Gasteiger partial charge on any atom is 0.0986 e. The molecule has 0 saturated heterocycles. The number of hydrogen-bond donors (Lipinski definition) is 0. The third kappa shape index (κ3) is 6.62. The molecular formula is C10H23NO. The molecule has 0 aliphatic heterocycles. The Bertz CT molecular complexity index is 77.9. The van der Waals surface area contributed by atoms with Gasteiger partial charge in [0.15, 0.2) is 0 Å². The molecule has 0 radical (unpaired) electrons. The molecule has 0 atom stereocenters. The van der Waals surface area contributed by atoms with Crippen LogP contribution in [0.25, 0.3) is 0 Å². The van der Waals surface area contributed by atoms with Crippen molar-refractivity contribution in [3.63, 3.8) is 0 Å². The van der Waals surface area contributed by atoms with Crippen LogP contribution in [-0.2, 0) is 4.74 Å². The Hall–Kier alpha value is -0.0800. The molecule has 0 aliphatic carbocycles. The van der Waals surface area contributed by atoms with Crippen molar-refractivity contribution in [3.8, 4) is 0 Å². The molecule has 0 spiro atoms. The summed E-state index contributed by atoms with van der Waals surface area (Å²) in [6.45, 7) is 7.62. The third-order valence-corrected chi connectivity index (χ3v) is 1.97. The van der Waals surface area contributed by atoms with E-state index < -0.39 is 0 Å². The van der Waals surface area contributed by atoms with Crippen LogP contribution in [-0.4, -0.2) is 31.8 Å². The first-order valence-electron chi connectivity index (χ1n) is 5.06. The van der Waals surface area contributed by atoms with Crippen LogP contribution in [0, 0.1) is 0 Å². The monoisotopic (exact) mass is 173 g/mol. The van der Waals surface area contributed by atoms with Gasteiger partial charge in [0.1, 0.15) is 0 Å². The minimum Gasteiger partial charge on any atom is -0.369 e. The summed E-state index contributed by atoms with van der Waals surface area (Å²) in [7, 11) is 1.77. The van der Waals surface area contributed by atoms with Crippen LogP contribution in [0.5, 0.6) is 0 Å². The normalized spacial score (nSPS) is 11.0. The minimum atomic E-state index is 0.792. The molecule has 0 amide bonds. The molecule has 2 heteroatoms. The number of methoxy groups -OCH3 is 1. The Morgan fingerprint density at radius 2 is 1.50 bits per heavy atom. The van der Waals surface area contributed by atoms with Crippen LogP contribution in [0.15, 0.2) is 0 Å². The molecular weight excluding hydrogens is 150 g/mol. The van der Waals surface area contributed by atoms with Gasteiger partial charge in [-0.25, -0.2) is 0 Å². The van der Waals surface area contributed by atoms with Crippen molar-refractivity contribution < 1.29 is 4.74 Å². The summed E-state index contributed by atoms with van der Waals surface area (Å²) in [4.78, 5) is 2.38. The van der Waals surface area contributed by atoms with E-state index in [9.17, 15) is 0 Å². The van der Waals surface area contributed by atoms with Gasteiger partial charge in [-0.15, -0.1) is 0 Å². The molecule has 0 saturated carbocycles. The van der Waals surface area contributed by atoms with Crippen LogP contribution in [0.2, 0.25) is 0 Å². The van der Waals surface area contributed by atoms with E-state index in [1.807, 2.05) is 0 Å². The Morgan fingerprint density at radius 1 is 1.00 bits per heavy atom. The van der Waals surface area contributed by atoms with E-state index >= 15 is 0 Å². The molecule has 0 fully saturated rings. The summed E-state index contributed by atoms with van der Waals surface area (Å²) >= 11 is 0. The van der Waals surface area contributed by atoms with Gasteiger partial charge in [-0.2, -0.15) is 0 Å². The molecule has 74 valence electrons. The standard InChI is InChI=1S/C10H23NO/c1-4-6-8-11(10-12-3)9-7-5-2/h4-10H2,1-3H3. The van der Waals surface area contributed by atoms with E-state index in [2.05, 4.69) is 18.7 Å². The maximum atomic E-state index is 5.12. The quantitative estimate of drug-likeness (QED) is 0.523. The summed E-state index contributed by atoms with van der Waals surface area (Å²) < 4.78 is 5.12. The Kier molecular flexibility index (Phi) is 8.95. The summed E-state index contributed by atoms with van der Waals surface area (Å²) in [6.07, 6.45) is 5.11. The van der Waals surface area contributed by atoms with Gasteiger partial charge in [0.2, 0.25) is 0 Å². The number of nitrogens with zero attached hydrogens (tertiary/aromatic N) is 1. The smallest absolute Gasteiger partial charge is 0.0986 e. The van der Waals surface area contributed by atoms with Gasteiger partial charge < -0.3 is 4.74 Å². The lowest BCUT2D eigenvalue weighted by Gasteiger charge is -2.20. The van der Waals surface area contributed by atoms with Crippen LogP contribution in [0.4, 0.5) is 0 Å². The van der Waals surface area contributed by atoms with Crippen molar-refractivity contribution in [2.24, 2.45) is 0 Å². The number of hydrogen-bond acceptors (Lipinski definition) is 2. The van der Waals surface area contributed by atoms with Crippen LogP contribution in [0.3, 0.4) is 0 Å². The van der Waals surface area contributed by atoms with E-state index in [-0.39, 0.29) is 0 Å². The van der Waals surface area contributed by atoms with Crippen molar-refractivity contribution in [3.05, 3.63) is 0 Å². The minimum absolute atomic E-state index is 0.792. The molecule has 0 unspecified atom stereocenters. The van der Waals surface area contributed by atoms with E-state index in [1.54, 1.807) is 7.11 Å². The Labute approximate surface area is 76.9 Å². The topological polar surface area (TPSA) is 12.5 Å². The molecule has 0 aliphatic rings. The lowest BCUT2D eigenvalue weighted by molar-refractivity contribution is 0.0613. The highest BCUT2D eigenvalue weighted by atomic mass is 16.5. The first-order valence-corrected chi connectivity index (χ1v) is 5.06. The molecule has 0 N–H and O–H groups in total. The summed E-state index contributed by atoms with van der Waals surface area (Å²) in [5.41, 5.74) is 0. The predicted octanol–water partition coefficient (Wildman–Crippen LogP) is 2.49. The fraction of sp³-hybridized carbons (Fsp3) is 1.00. The van der Waals surface area contributed by atoms with Crippen LogP contribution >= 0.6 is 0 Å². The zero-order valence-electron chi connectivity index (χ0n) is 8.81. The second kappa shape index (κ2) is 9.01. The zero-order chi connectivity index (χ0) is 9.23. The third-order valence-electron chi connectivity index (χ3n) is 1.97. The van der Waals surface area contributed by atoms with Crippen molar-refractivity contribution in [2.45, 2.75) is 39.5 Å². The van der Waals surface area contributed by atoms with Gasteiger partial charge >= 0.3 is 0 Å². The molecule has 0 heterocycles. The highest BCUT2D eigenvalue weighted by Gasteiger charge is 2.01. The van der Waals surface area contributed by atoms with Gasteiger partial charge in [0.25, 0.3) is 0 Å².